The molecule has 2 aliphatic rings. The summed E-state index contributed by atoms with van der Waals surface area (Å²) in [7, 11) is -0.446. The van der Waals surface area contributed by atoms with Gasteiger partial charge in [0.15, 0.2) is 0 Å². The third-order valence-corrected chi connectivity index (χ3v) is 9.72. The molecule has 0 amide bonds. The molecule has 2 atom stereocenters. The summed E-state index contributed by atoms with van der Waals surface area (Å²) >= 11 is 6.58. The van der Waals surface area contributed by atoms with E-state index >= 15 is 0 Å². The van der Waals surface area contributed by atoms with Gasteiger partial charge >= 0.3 is 0 Å². The minimum Gasteiger partial charge on any atom is -0.491 e. The molecule has 5 aromatic rings. The van der Waals surface area contributed by atoms with Crippen LogP contribution in [-0.2, 0) is 0 Å². The van der Waals surface area contributed by atoms with Crippen LogP contribution in [0.3, 0.4) is 0 Å². The van der Waals surface area contributed by atoms with Crippen molar-refractivity contribution in [2.24, 2.45) is 10.8 Å². The number of benzene rings is 3. The number of hydrogen-bond donors (Lipinski definition) is 1. The van der Waals surface area contributed by atoms with Gasteiger partial charge in [0.25, 0.3) is 0 Å². The van der Waals surface area contributed by atoms with E-state index in [1.807, 2.05) is 12.1 Å². The summed E-state index contributed by atoms with van der Waals surface area (Å²) in [4.78, 5) is 11.0. The van der Waals surface area contributed by atoms with Crippen LogP contribution in [0.15, 0.2) is 130 Å². The molecular weight excluding hydrogens is 691 g/mol. The average Bonchev–Trinajstić information content (AvgIpc) is 3.61. The summed E-state index contributed by atoms with van der Waals surface area (Å²) in [6.07, 6.45) is 3.39. The number of aromatic nitrogens is 2. The van der Waals surface area contributed by atoms with Crippen LogP contribution in [0, 0.1) is 0 Å². The van der Waals surface area contributed by atoms with Gasteiger partial charge < -0.3 is 15.2 Å². The highest BCUT2D eigenvalue weighted by molar-refractivity contribution is 9.10. The number of pyridine rings is 2. The van der Waals surface area contributed by atoms with Gasteiger partial charge in [0.2, 0.25) is 0 Å². The maximum Gasteiger partial charge on any atom is 0.143 e. The monoisotopic (exact) mass is 716 g/mol. The number of nitrogens with zero attached hydrogens (tertiary/aromatic N) is 5. The van der Waals surface area contributed by atoms with Crippen molar-refractivity contribution in [2.45, 2.75) is 12.1 Å². The Hall–Kier alpha value is -3.78. The van der Waals surface area contributed by atoms with Crippen molar-refractivity contribution < 1.29 is 9.47 Å². The summed E-state index contributed by atoms with van der Waals surface area (Å²) in [6.45, 7) is 0.918. The van der Waals surface area contributed by atoms with E-state index in [1.165, 1.54) is 15.9 Å². The minimum atomic E-state index is -0.446. The van der Waals surface area contributed by atoms with E-state index in [0.717, 1.165) is 20.4 Å². The summed E-state index contributed by atoms with van der Waals surface area (Å²) in [5, 5.41) is 7.77. The Morgan fingerprint density at radius 1 is 0.721 bits per heavy atom. The number of hydrogen-bond acceptors (Lipinski definition) is 6. The van der Waals surface area contributed by atoms with E-state index in [4.69, 9.17) is 20.7 Å². The molecule has 2 aromatic heterocycles. The van der Waals surface area contributed by atoms with E-state index in [-0.39, 0.29) is 12.1 Å². The molecule has 0 bridgehead atoms. The van der Waals surface area contributed by atoms with Crippen molar-refractivity contribution in [3.63, 3.8) is 0 Å². The second-order valence-corrected chi connectivity index (χ2v) is 13.4. The van der Waals surface area contributed by atoms with Crippen molar-refractivity contribution in [3.8, 4) is 11.5 Å². The van der Waals surface area contributed by atoms with E-state index in [1.54, 1.807) is 12.4 Å². The van der Waals surface area contributed by atoms with Crippen LogP contribution in [0.5, 0.6) is 11.5 Å². The molecule has 11 heteroatoms. The highest BCUT2D eigenvalue weighted by Crippen LogP contribution is 2.35. The highest BCUT2D eigenvalue weighted by Gasteiger charge is 2.24. The lowest BCUT2D eigenvalue weighted by atomic mass is 10.2. The topological polar surface area (TPSA) is 119 Å². The zero-order chi connectivity index (χ0) is 30.0. The van der Waals surface area contributed by atoms with E-state index in [0.29, 0.717) is 24.7 Å². The van der Waals surface area contributed by atoms with Gasteiger partial charge in [-0.15, -0.1) is 0 Å². The molecule has 0 fully saturated rings. The summed E-state index contributed by atoms with van der Waals surface area (Å²) < 4.78 is 12.3. The van der Waals surface area contributed by atoms with Crippen molar-refractivity contribution in [1.29, 1.82) is 0 Å². The molecule has 8 nitrogen and oxygen atoms in total. The van der Waals surface area contributed by atoms with Gasteiger partial charge in [-0.3, -0.25) is 9.97 Å². The zero-order valence-corrected chi connectivity index (χ0v) is 26.9. The quantitative estimate of drug-likeness (QED) is 0.0908. The van der Waals surface area contributed by atoms with Crippen LogP contribution in [0.1, 0.15) is 23.5 Å². The fourth-order valence-electron chi connectivity index (χ4n) is 4.46. The van der Waals surface area contributed by atoms with Crippen molar-refractivity contribution in [3.05, 3.63) is 146 Å². The highest BCUT2D eigenvalue weighted by atomic mass is 79.9. The van der Waals surface area contributed by atoms with Crippen molar-refractivity contribution in [1.82, 2.24) is 9.97 Å². The van der Waals surface area contributed by atoms with E-state index in [9.17, 15) is 0 Å². The van der Waals surface area contributed by atoms with Gasteiger partial charge in [-0.05, 0) is 73.4 Å². The molecule has 43 heavy (non-hydrogen) atoms. The van der Waals surface area contributed by atoms with Crippen molar-refractivity contribution >= 4 is 55.7 Å². The first kappa shape index (κ1) is 30.7. The van der Waals surface area contributed by atoms with Gasteiger partial charge in [-0.1, -0.05) is 96.1 Å². The number of nitrogens with two attached hydrogens (primary N) is 1. The molecule has 0 saturated heterocycles. The van der Waals surface area contributed by atoms with E-state index < -0.39 is 7.92 Å². The Labute approximate surface area is 267 Å². The predicted octanol–water partition coefficient (Wildman–Crippen LogP) is 7.27. The zero-order valence-electron chi connectivity index (χ0n) is 22.9. The minimum absolute atomic E-state index is 0.0573. The lowest BCUT2D eigenvalue weighted by Gasteiger charge is -2.18. The molecule has 0 aliphatic carbocycles. The Morgan fingerprint density at radius 2 is 1.16 bits per heavy atom. The number of fused-ring (bicyclic) bond motifs is 2. The molecular formula is C32H27Br2N6O2P. The molecule has 0 spiro atoms. The fourth-order valence-corrected chi connectivity index (χ4v) is 7.38. The Morgan fingerprint density at radius 3 is 1.65 bits per heavy atom. The van der Waals surface area contributed by atoms with Crippen molar-refractivity contribution in [2.75, 3.05) is 13.2 Å². The van der Waals surface area contributed by atoms with Crippen LogP contribution in [0.4, 0.5) is 0 Å². The number of halogens is 2. The molecule has 2 aliphatic heterocycles. The molecule has 3 aromatic carbocycles. The summed E-state index contributed by atoms with van der Waals surface area (Å²) in [5.41, 5.74) is 15.5. The Bertz CT molecular complexity index is 1600. The summed E-state index contributed by atoms with van der Waals surface area (Å²) in [6, 6.07) is 35.7. The van der Waals surface area contributed by atoms with Crippen LogP contribution in [0.25, 0.3) is 10.4 Å². The predicted molar refractivity (Wildman–Crippen MR) is 179 cm³/mol. The smallest absolute Gasteiger partial charge is 0.143 e. The Balaban J connectivity index is 0.000000134. The lowest BCUT2D eigenvalue weighted by Crippen LogP contribution is -2.20. The Kier molecular flexibility index (Phi) is 10.8. The molecule has 0 radical (unpaired) electrons. The van der Waals surface area contributed by atoms with Crippen LogP contribution < -0.4 is 31.1 Å². The number of rotatable bonds is 4. The van der Waals surface area contributed by atoms with Gasteiger partial charge in [-0.25, -0.2) is 0 Å². The van der Waals surface area contributed by atoms with E-state index in [2.05, 4.69) is 143 Å². The van der Waals surface area contributed by atoms with Crippen LogP contribution in [-0.4, -0.2) is 23.2 Å². The standard InChI is InChI=1S/C18H15P.C7H5BrN4O.C7H7BrN2O/c1-4-10-16(11-5-1)19(17-12-6-2-7-13-17)18-14-8-3-9-15-18;8-4-1-6-7(10-2-4)5(3-13-6)11-12-9;8-4-1-6-7(10-2-4)5(9)3-11-6/h1-15H;1-2,5H,3H2;1-2,5H,3,9H2. The third kappa shape index (κ3) is 7.99. The van der Waals surface area contributed by atoms with Gasteiger partial charge in [-0.2, -0.15) is 0 Å². The molecule has 2 unspecified atom stereocenters. The second-order valence-electron chi connectivity index (χ2n) is 9.37. The first-order valence-electron chi connectivity index (χ1n) is 13.3. The third-order valence-electron chi connectivity index (χ3n) is 6.41. The molecule has 4 heterocycles. The van der Waals surface area contributed by atoms with Gasteiger partial charge in [0, 0.05) is 26.3 Å². The molecule has 7 rings (SSSR count). The fraction of sp³-hybridized carbons (Fsp3) is 0.125. The van der Waals surface area contributed by atoms with Gasteiger partial charge in [0.05, 0.1) is 11.7 Å². The molecule has 216 valence electrons. The average molecular weight is 718 g/mol. The van der Waals surface area contributed by atoms with Crippen LogP contribution in [0.2, 0.25) is 0 Å². The van der Waals surface area contributed by atoms with Crippen LogP contribution >= 0.6 is 39.8 Å². The first-order chi connectivity index (χ1) is 21.0. The summed E-state index contributed by atoms with van der Waals surface area (Å²) in [5.74, 6) is 1.48. The molecule has 2 N–H and O–H groups in total. The molecule has 0 saturated carbocycles. The second kappa shape index (κ2) is 15.1. The van der Waals surface area contributed by atoms with Gasteiger partial charge in [0.1, 0.15) is 36.4 Å². The maximum absolute atomic E-state index is 8.27. The maximum atomic E-state index is 8.27. The first-order valence-corrected chi connectivity index (χ1v) is 16.3. The number of azide groups is 1. The lowest BCUT2D eigenvalue weighted by molar-refractivity contribution is 0.333. The SMILES string of the molecule is NC1COc2cc(Br)cnc21.[N-]=[N+]=NC1COc2cc(Br)cnc21.c1ccc(P(c2ccccc2)c2ccccc2)cc1. The largest absolute Gasteiger partial charge is 0.491 e. The number of ether oxygens (including phenoxy) is 2. The normalized spacial score (nSPS) is 15.7.